The Balaban J connectivity index is 1.78. The lowest BCUT2D eigenvalue weighted by Crippen LogP contribution is -2.10. The van der Waals surface area contributed by atoms with Gasteiger partial charge in [-0.05, 0) is 52.6 Å². The van der Waals surface area contributed by atoms with Crippen molar-refractivity contribution in [2.75, 3.05) is 11.9 Å². The van der Waals surface area contributed by atoms with Crippen LogP contribution in [0, 0.1) is 5.92 Å². The fourth-order valence-corrected chi connectivity index (χ4v) is 3.52. The first kappa shape index (κ1) is 16.6. The number of nitrogens with zero attached hydrogens (tertiary/aromatic N) is 3. The van der Waals surface area contributed by atoms with Crippen molar-refractivity contribution in [2.24, 2.45) is 5.92 Å². The van der Waals surface area contributed by atoms with Crippen molar-refractivity contribution in [3.63, 3.8) is 0 Å². The Kier molecular flexibility index (Phi) is 4.50. The standard InChI is InChI=1S/C20H23BrN4/c1-13(2)9-10-22-19-11-18(24-20-17(21)12-23-25(19)20)16-6-4-3-5-15(16)14-7-8-14/h3-6,11-14,22H,7-10H2,1-2H3. The first-order chi connectivity index (χ1) is 12.1. The van der Waals surface area contributed by atoms with Gasteiger partial charge in [-0.25, -0.2) is 4.98 Å². The molecule has 4 rings (SSSR count). The quantitative estimate of drug-likeness (QED) is 0.596. The number of hydrogen-bond acceptors (Lipinski definition) is 3. The van der Waals surface area contributed by atoms with Gasteiger partial charge in [-0.15, -0.1) is 0 Å². The zero-order valence-electron chi connectivity index (χ0n) is 14.7. The van der Waals surface area contributed by atoms with E-state index < -0.39 is 0 Å². The lowest BCUT2D eigenvalue weighted by molar-refractivity contribution is 0.606. The molecule has 1 aliphatic rings. The SMILES string of the molecule is CC(C)CCNc1cc(-c2ccccc2C2CC2)nc2c(Br)cnn12. The molecule has 1 aromatic carbocycles. The third kappa shape index (κ3) is 3.43. The highest BCUT2D eigenvalue weighted by Crippen LogP contribution is 2.44. The van der Waals surface area contributed by atoms with E-state index in [1.807, 2.05) is 10.7 Å². The van der Waals surface area contributed by atoms with Crippen LogP contribution in [0.4, 0.5) is 5.82 Å². The fraction of sp³-hybridized carbons (Fsp3) is 0.400. The number of anilines is 1. The number of fused-ring (bicyclic) bond motifs is 1. The van der Waals surface area contributed by atoms with E-state index in [9.17, 15) is 0 Å². The van der Waals surface area contributed by atoms with Gasteiger partial charge in [0.25, 0.3) is 0 Å². The molecule has 1 fully saturated rings. The largest absolute Gasteiger partial charge is 0.370 e. The average molecular weight is 399 g/mol. The van der Waals surface area contributed by atoms with Gasteiger partial charge in [0.05, 0.1) is 16.4 Å². The maximum absolute atomic E-state index is 4.89. The van der Waals surface area contributed by atoms with E-state index in [0.717, 1.165) is 34.6 Å². The molecule has 0 atom stereocenters. The van der Waals surface area contributed by atoms with Gasteiger partial charge in [0, 0.05) is 18.2 Å². The smallest absolute Gasteiger partial charge is 0.172 e. The molecular formula is C20H23BrN4. The van der Waals surface area contributed by atoms with E-state index >= 15 is 0 Å². The Morgan fingerprint density at radius 3 is 2.84 bits per heavy atom. The molecule has 0 unspecified atom stereocenters. The highest BCUT2D eigenvalue weighted by atomic mass is 79.9. The van der Waals surface area contributed by atoms with Crippen molar-refractivity contribution >= 4 is 27.4 Å². The van der Waals surface area contributed by atoms with E-state index in [2.05, 4.69) is 70.5 Å². The second-order valence-corrected chi connectivity index (χ2v) is 8.08. The van der Waals surface area contributed by atoms with Gasteiger partial charge in [-0.1, -0.05) is 38.1 Å². The van der Waals surface area contributed by atoms with Crippen LogP contribution in [-0.2, 0) is 0 Å². The molecule has 0 aliphatic heterocycles. The summed E-state index contributed by atoms with van der Waals surface area (Å²) in [6.07, 6.45) is 5.51. The third-order valence-corrected chi connectivity index (χ3v) is 5.27. The van der Waals surface area contributed by atoms with Gasteiger partial charge in [0.1, 0.15) is 5.82 Å². The van der Waals surface area contributed by atoms with Gasteiger partial charge in [-0.3, -0.25) is 0 Å². The molecule has 25 heavy (non-hydrogen) atoms. The molecular weight excluding hydrogens is 376 g/mol. The van der Waals surface area contributed by atoms with E-state index in [-0.39, 0.29) is 0 Å². The lowest BCUT2D eigenvalue weighted by atomic mass is 10.0. The molecule has 0 amide bonds. The van der Waals surface area contributed by atoms with E-state index in [1.165, 1.54) is 24.0 Å². The van der Waals surface area contributed by atoms with Crippen LogP contribution in [0.25, 0.3) is 16.9 Å². The summed E-state index contributed by atoms with van der Waals surface area (Å²) in [7, 11) is 0. The monoisotopic (exact) mass is 398 g/mol. The van der Waals surface area contributed by atoms with E-state index in [1.54, 1.807) is 0 Å². The van der Waals surface area contributed by atoms with Crippen molar-refractivity contribution in [1.29, 1.82) is 0 Å². The van der Waals surface area contributed by atoms with Crippen LogP contribution in [0.1, 0.15) is 44.6 Å². The molecule has 2 heterocycles. The first-order valence-corrected chi connectivity index (χ1v) is 9.80. The topological polar surface area (TPSA) is 42.2 Å². The van der Waals surface area contributed by atoms with Crippen molar-refractivity contribution in [1.82, 2.24) is 14.6 Å². The zero-order chi connectivity index (χ0) is 17.4. The molecule has 0 saturated heterocycles. The molecule has 1 aliphatic carbocycles. The fourth-order valence-electron chi connectivity index (χ4n) is 3.17. The van der Waals surface area contributed by atoms with Crippen molar-refractivity contribution in [3.8, 4) is 11.3 Å². The molecule has 2 aromatic heterocycles. The van der Waals surface area contributed by atoms with Crippen molar-refractivity contribution in [2.45, 2.75) is 39.0 Å². The van der Waals surface area contributed by atoms with Crippen LogP contribution >= 0.6 is 15.9 Å². The van der Waals surface area contributed by atoms with E-state index in [0.29, 0.717) is 11.8 Å². The summed E-state index contributed by atoms with van der Waals surface area (Å²) >= 11 is 3.59. The van der Waals surface area contributed by atoms with E-state index in [4.69, 9.17) is 4.98 Å². The second kappa shape index (κ2) is 6.79. The number of halogens is 1. The zero-order valence-corrected chi connectivity index (χ0v) is 16.3. The highest BCUT2D eigenvalue weighted by molar-refractivity contribution is 9.10. The molecule has 0 spiro atoms. The molecule has 0 bridgehead atoms. The molecule has 3 aromatic rings. The van der Waals surface area contributed by atoms with Crippen LogP contribution in [0.15, 0.2) is 41.0 Å². The highest BCUT2D eigenvalue weighted by Gasteiger charge is 2.26. The van der Waals surface area contributed by atoms with Gasteiger partial charge in [0.2, 0.25) is 0 Å². The Labute approximate surface area is 156 Å². The second-order valence-electron chi connectivity index (χ2n) is 7.23. The number of hydrogen-bond donors (Lipinski definition) is 1. The third-order valence-electron chi connectivity index (χ3n) is 4.71. The van der Waals surface area contributed by atoms with Crippen molar-refractivity contribution < 1.29 is 0 Å². The summed E-state index contributed by atoms with van der Waals surface area (Å²) in [5, 5.41) is 8.01. The molecule has 1 saturated carbocycles. The van der Waals surface area contributed by atoms with Gasteiger partial charge >= 0.3 is 0 Å². The molecule has 130 valence electrons. The van der Waals surface area contributed by atoms with Gasteiger partial charge in [-0.2, -0.15) is 9.61 Å². The minimum absolute atomic E-state index is 0.671. The summed E-state index contributed by atoms with van der Waals surface area (Å²) in [4.78, 5) is 4.89. The molecule has 4 nitrogen and oxygen atoms in total. The minimum atomic E-state index is 0.671. The lowest BCUT2D eigenvalue weighted by Gasteiger charge is -2.13. The van der Waals surface area contributed by atoms with Crippen molar-refractivity contribution in [3.05, 3.63) is 46.6 Å². The number of nitrogens with one attached hydrogen (secondary N) is 1. The predicted octanol–water partition coefficient (Wildman–Crippen LogP) is 5.49. The average Bonchev–Trinajstić information content (AvgIpc) is 3.38. The predicted molar refractivity (Wildman–Crippen MR) is 106 cm³/mol. The number of aromatic nitrogens is 3. The maximum Gasteiger partial charge on any atom is 0.172 e. The molecule has 1 N–H and O–H groups in total. The van der Waals surface area contributed by atoms with Gasteiger partial charge in [0.15, 0.2) is 5.65 Å². The summed E-state index contributed by atoms with van der Waals surface area (Å²) in [6.45, 7) is 5.41. The van der Waals surface area contributed by atoms with Crippen LogP contribution in [0.5, 0.6) is 0 Å². The number of benzene rings is 1. The normalized spacial score (nSPS) is 14.4. The molecule has 5 heteroatoms. The Bertz CT molecular complexity index is 896. The molecule has 0 radical (unpaired) electrons. The van der Waals surface area contributed by atoms with Crippen LogP contribution < -0.4 is 5.32 Å². The Morgan fingerprint density at radius 1 is 1.28 bits per heavy atom. The van der Waals surface area contributed by atoms with Crippen LogP contribution in [0.2, 0.25) is 0 Å². The summed E-state index contributed by atoms with van der Waals surface area (Å²) < 4.78 is 2.80. The summed E-state index contributed by atoms with van der Waals surface area (Å²) in [6, 6.07) is 10.8. The minimum Gasteiger partial charge on any atom is -0.370 e. The number of rotatable bonds is 6. The first-order valence-electron chi connectivity index (χ1n) is 9.01. The summed E-state index contributed by atoms with van der Waals surface area (Å²) in [5.41, 5.74) is 4.54. The Morgan fingerprint density at radius 2 is 2.08 bits per heavy atom. The maximum atomic E-state index is 4.89. The van der Waals surface area contributed by atoms with Gasteiger partial charge < -0.3 is 5.32 Å². The van der Waals surface area contributed by atoms with Crippen LogP contribution in [0.3, 0.4) is 0 Å². The summed E-state index contributed by atoms with van der Waals surface area (Å²) in [5.74, 6) is 2.36. The van der Waals surface area contributed by atoms with Crippen LogP contribution in [-0.4, -0.2) is 21.1 Å². The Hall–Kier alpha value is -1.88.